The predicted molar refractivity (Wildman–Crippen MR) is 73.5 cm³/mol. The van der Waals surface area contributed by atoms with Gasteiger partial charge in [-0.15, -0.1) is 0 Å². The maximum atomic E-state index is 8.55. The molecule has 2 nitrogen and oxygen atoms in total. The largest absolute Gasteiger partial charge is 0.493 e. The molecule has 0 amide bonds. The Morgan fingerprint density at radius 2 is 2.06 bits per heavy atom. The second-order valence-electron chi connectivity index (χ2n) is 3.92. The third-order valence-electron chi connectivity index (χ3n) is 2.54. The van der Waals surface area contributed by atoms with E-state index in [-0.39, 0.29) is 0 Å². The van der Waals surface area contributed by atoms with Crippen molar-refractivity contribution in [3.8, 4) is 11.8 Å². The number of thioether (sulfide) groups is 1. The molecule has 1 unspecified atom stereocenters. The molecule has 1 rings (SSSR count). The quantitative estimate of drug-likeness (QED) is 0.691. The van der Waals surface area contributed by atoms with Crippen LogP contribution < -0.4 is 4.74 Å². The molecule has 0 spiro atoms. The molecule has 0 N–H and O–H groups in total. The van der Waals surface area contributed by atoms with E-state index in [1.807, 2.05) is 36.0 Å². The van der Waals surface area contributed by atoms with Crippen LogP contribution in [0.25, 0.3) is 0 Å². The van der Waals surface area contributed by atoms with Gasteiger partial charge >= 0.3 is 0 Å². The average molecular weight is 249 g/mol. The Morgan fingerprint density at radius 1 is 1.35 bits per heavy atom. The Morgan fingerprint density at radius 3 is 2.65 bits per heavy atom. The minimum atomic E-state index is 0.462. The van der Waals surface area contributed by atoms with Gasteiger partial charge in [-0.3, -0.25) is 0 Å². The van der Waals surface area contributed by atoms with Crippen LogP contribution in [-0.4, -0.2) is 17.6 Å². The van der Waals surface area contributed by atoms with E-state index in [0.717, 1.165) is 23.7 Å². The van der Waals surface area contributed by atoms with Crippen LogP contribution >= 0.6 is 11.8 Å². The molecule has 17 heavy (non-hydrogen) atoms. The van der Waals surface area contributed by atoms with Gasteiger partial charge in [-0.05, 0) is 24.1 Å². The summed E-state index contributed by atoms with van der Waals surface area (Å²) in [5.41, 5.74) is 1.04. The highest BCUT2D eigenvalue weighted by molar-refractivity contribution is 7.99. The van der Waals surface area contributed by atoms with Gasteiger partial charge in [0.15, 0.2) is 0 Å². The fraction of sp³-hybridized carbons (Fsp3) is 0.500. The number of hydrogen-bond donors (Lipinski definition) is 0. The van der Waals surface area contributed by atoms with Gasteiger partial charge in [-0.1, -0.05) is 26.0 Å². The number of hydrogen-bond acceptors (Lipinski definition) is 3. The summed E-state index contributed by atoms with van der Waals surface area (Å²) < 4.78 is 5.63. The van der Waals surface area contributed by atoms with Crippen molar-refractivity contribution in [2.75, 3.05) is 12.4 Å². The molecule has 0 aliphatic heterocycles. The SMILES string of the molecule is CCC(C)SCCOc1ccc(CC#N)cc1. The summed E-state index contributed by atoms with van der Waals surface area (Å²) >= 11 is 1.94. The summed E-state index contributed by atoms with van der Waals surface area (Å²) in [6.07, 6.45) is 1.66. The Balaban J connectivity index is 2.25. The second kappa shape index (κ2) is 8.03. The molecule has 0 aliphatic carbocycles. The lowest BCUT2D eigenvalue weighted by Gasteiger charge is -2.09. The van der Waals surface area contributed by atoms with Crippen LogP contribution in [0.4, 0.5) is 0 Å². The predicted octanol–water partition coefficient (Wildman–Crippen LogP) is 3.66. The Kier molecular flexibility index (Phi) is 6.57. The van der Waals surface area contributed by atoms with Crippen LogP contribution in [0, 0.1) is 11.3 Å². The third-order valence-corrected chi connectivity index (χ3v) is 3.84. The number of nitriles is 1. The molecule has 92 valence electrons. The van der Waals surface area contributed by atoms with Crippen molar-refractivity contribution in [3.05, 3.63) is 29.8 Å². The molecule has 0 fully saturated rings. The molecule has 0 aliphatic rings. The van der Waals surface area contributed by atoms with Crippen LogP contribution in [0.1, 0.15) is 25.8 Å². The maximum Gasteiger partial charge on any atom is 0.119 e. The summed E-state index contributed by atoms with van der Waals surface area (Å²) in [7, 11) is 0. The fourth-order valence-electron chi connectivity index (χ4n) is 1.32. The van der Waals surface area contributed by atoms with Crippen molar-refractivity contribution in [3.63, 3.8) is 0 Å². The van der Waals surface area contributed by atoms with Gasteiger partial charge in [0, 0.05) is 11.0 Å². The van der Waals surface area contributed by atoms with E-state index in [0.29, 0.717) is 11.7 Å². The van der Waals surface area contributed by atoms with Crippen molar-refractivity contribution in [1.82, 2.24) is 0 Å². The Bertz CT molecular complexity index is 355. The van der Waals surface area contributed by atoms with E-state index < -0.39 is 0 Å². The highest BCUT2D eigenvalue weighted by atomic mass is 32.2. The van der Waals surface area contributed by atoms with E-state index in [9.17, 15) is 0 Å². The number of nitrogens with zero attached hydrogens (tertiary/aromatic N) is 1. The lowest BCUT2D eigenvalue weighted by Crippen LogP contribution is -2.04. The molecule has 0 bridgehead atoms. The third kappa shape index (κ3) is 5.65. The number of rotatable bonds is 7. The Hall–Kier alpha value is -1.14. The summed E-state index contributed by atoms with van der Waals surface area (Å²) in [5, 5.41) is 9.26. The second-order valence-corrected chi connectivity index (χ2v) is 5.46. The zero-order chi connectivity index (χ0) is 12.5. The Labute approximate surface area is 108 Å². The summed E-state index contributed by atoms with van der Waals surface area (Å²) in [4.78, 5) is 0. The first-order valence-corrected chi connectivity index (χ1v) is 7.01. The highest BCUT2D eigenvalue weighted by Gasteiger charge is 1.99. The van der Waals surface area contributed by atoms with Crippen LogP contribution in [0.15, 0.2) is 24.3 Å². The molecule has 0 saturated heterocycles. The zero-order valence-corrected chi connectivity index (χ0v) is 11.3. The van der Waals surface area contributed by atoms with Gasteiger partial charge < -0.3 is 4.74 Å². The molecule has 0 heterocycles. The van der Waals surface area contributed by atoms with Crippen LogP contribution in [0.3, 0.4) is 0 Å². The van der Waals surface area contributed by atoms with Crippen molar-refractivity contribution in [2.24, 2.45) is 0 Å². The van der Waals surface area contributed by atoms with E-state index in [1.165, 1.54) is 6.42 Å². The first-order valence-electron chi connectivity index (χ1n) is 5.96. The molecule has 3 heteroatoms. The maximum absolute atomic E-state index is 8.55. The molecular weight excluding hydrogens is 230 g/mol. The van der Waals surface area contributed by atoms with Gasteiger partial charge in [-0.25, -0.2) is 0 Å². The summed E-state index contributed by atoms with van der Waals surface area (Å²) in [5.74, 6) is 1.91. The molecule has 1 aromatic carbocycles. The van der Waals surface area contributed by atoms with E-state index in [1.54, 1.807) is 0 Å². The monoisotopic (exact) mass is 249 g/mol. The van der Waals surface area contributed by atoms with Crippen LogP contribution in [-0.2, 0) is 6.42 Å². The molecule has 0 radical (unpaired) electrons. The first kappa shape index (κ1) is 13.9. The van der Waals surface area contributed by atoms with Crippen molar-refractivity contribution < 1.29 is 4.74 Å². The van der Waals surface area contributed by atoms with Crippen molar-refractivity contribution in [2.45, 2.75) is 31.9 Å². The topological polar surface area (TPSA) is 33.0 Å². The first-order chi connectivity index (χ1) is 8.26. The average Bonchev–Trinajstić information content (AvgIpc) is 2.36. The molecule has 0 aromatic heterocycles. The normalized spacial score (nSPS) is 11.8. The van der Waals surface area contributed by atoms with Crippen molar-refractivity contribution >= 4 is 11.8 Å². The lowest BCUT2D eigenvalue weighted by molar-refractivity contribution is 0.343. The zero-order valence-electron chi connectivity index (χ0n) is 10.5. The highest BCUT2D eigenvalue weighted by Crippen LogP contribution is 2.15. The van der Waals surface area contributed by atoms with E-state index in [2.05, 4.69) is 19.9 Å². The fourth-order valence-corrected chi connectivity index (χ4v) is 2.14. The van der Waals surface area contributed by atoms with Gasteiger partial charge in [0.2, 0.25) is 0 Å². The number of benzene rings is 1. The van der Waals surface area contributed by atoms with E-state index >= 15 is 0 Å². The van der Waals surface area contributed by atoms with E-state index in [4.69, 9.17) is 10.00 Å². The summed E-state index contributed by atoms with van der Waals surface area (Å²) in [6.45, 7) is 5.18. The smallest absolute Gasteiger partial charge is 0.119 e. The standard InChI is InChI=1S/C14H19NOS/c1-3-12(2)17-11-10-16-14-6-4-13(5-7-14)8-9-15/h4-7,12H,3,8,10-11H2,1-2H3. The molecular formula is C14H19NOS. The minimum absolute atomic E-state index is 0.462. The van der Waals surface area contributed by atoms with Gasteiger partial charge in [-0.2, -0.15) is 17.0 Å². The lowest BCUT2D eigenvalue weighted by atomic mass is 10.2. The molecule has 1 atom stereocenters. The van der Waals surface area contributed by atoms with Crippen LogP contribution in [0.5, 0.6) is 5.75 Å². The number of ether oxygens (including phenoxy) is 1. The van der Waals surface area contributed by atoms with Gasteiger partial charge in [0.05, 0.1) is 19.1 Å². The van der Waals surface area contributed by atoms with Gasteiger partial charge in [0.1, 0.15) is 5.75 Å². The molecule has 0 saturated carbocycles. The van der Waals surface area contributed by atoms with Gasteiger partial charge in [0.25, 0.3) is 0 Å². The van der Waals surface area contributed by atoms with Crippen LogP contribution in [0.2, 0.25) is 0 Å². The molecule has 1 aromatic rings. The summed E-state index contributed by atoms with van der Waals surface area (Å²) in [6, 6.07) is 9.88. The minimum Gasteiger partial charge on any atom is -0.493 e. The van der Waals surface area contributed by atoms with Crippen molar-refractivity contribution in [1.29, 1.82) is 5.26 Å².